The molecule has 0 atom stereocenters. The van der Waals surface area contributed by atoms with Crippen LogP contribution in [-0.2, 0) is 0 Å². The van der Waals surface area contributed by atoms with Crippen LogP contribution in [0.1, 0.15) is 22.3 Å². The molecule has 2 heterocycles. The highest BCUT2D eigenvalue weighted by Gasteiger charge is 2.11. The van der Waals surface area contributed by atoms with Crippen molar-refractivity contribution >= 4 is 33.7 Å². The summed E-state index contributed by atoms with van der Waals surface area (Å²) in [4.78, 5) is 13.3. The molecule has 0 aliphatic rings. The van der Waals surface area contributed by atoms with E-state index < -0.39 is 0 Å². The van der Waals surface area contributed by atoms with Crippen LogP contribution in [0.15, 0.2) is 71.1 Å². The first-order valence-electron chi connectivity index (χ1n) is 8.14. The molecule has 2 aromatic carbocycles. The zero-order valence-electron chi connectivity index (χ0n) is 14.1. The Bertz CT molecular complexity index is 1100. The van der Waals surface area contributed by atoms with Crippen LogP contribution in [0.25, 0.3) is 22.0 Å². The second-order valence-corrected chi connectivity index (χ2v) is 6.79. The second-order valence-electron chi connectivity index (χ2n) is 5.84. The van der Waals surface area contributed by atoms with Gasteiger partial charge in [0.25, 0.3) is 5.91 Å². The summed E-state index contributed by atoms with van der Waals surface area (Å²) in [5.41, 5.74) is 5.38. The SMILES string of the molecule is CC(=NNC(=O)c1cc(-c2ccc3ccccc3c2)n[nH]1)c1cccs1. The normalized spacial score (nSPS) is 11.7. The minimum absolute atomic E-state index is 0.319. The lowest BCUT2D eigenvalue weighted by molar-refractivity contribution is 0.0950. The van der Waals surface area contributed by atoms with Crippen molar-refractivity contribution < 1.29 is 4.79 Å². The van der Waals surface area contributed by atoms with Crippen molar-refractivity contribution in [3.63, 3.8) is 0 Å². The van der Waals surface area contributed by atoms with Crippen LogP contribution in [0.3, 0.4) is 0 Å². The molecule has 6 heteroatoms. The van der Waals surface area contributed by atoms with E-state index in [1.165, 1.54) is 5.39 Å². The second kappa shape index (κ2) is 6.93. The molecule has 0 saturated heterocycles. The van der Waals surface area contributed by atoms with Crippen LogP contribution in [-0.4, -0.2) is 21.8 Å². The number of amides is 1. The molecule has 26 heavy (non-hydrogen) atoms. The molecule has 0 spiro atoms. The Morgan fingerprint density at radius 3 is 2.73 bits per heavy atom. The average Bonchev–Trinajstić information content (AvgIpc) is 3.37. The van der Waals surface area contributed by atoms with E-state index in [0.29, 0.717) is 5.69 Å². The highest BCUT2D eigenvalue weighted by molar-refractivity contribution is 7.12. The van der Waals surface area contributed by atoms with Gasteiger partial charge in [0.1, 0.15) is 5.69 Å². The van der Waals surface area contributed by atoms with Gasteiger partial charge in [-0.15, -0.1) is 11.3 Å². The van der Waals surface area contributed by atoms with Crippen molar-refractivity contribution in [2.24, 2.45) is 5.10 Å². The van der Waals surface area contributed by atoms with Crippen LogP contribution >= 0.6 is 11.3 Å². The van der Waals surface area contributed by atoms with Crippen LogP contribution in [0.5, 0.6) is 0 Å². The minimum atomic E-state index is -0.319. The number of aromatic amines is 1. The van der Waals surface area contributed by atoms with Gasteiger partial charge in [-0.25, -0.2) is 5.43 Å². The predicted molar refractivity (Wildman–Crippen MR) is 106 cm³/mol. The van der Waals surface area contributed by atoms with Gasteiger partial charge in [-0.2, -0.15) is 10.2 Å². The Hall–Kier alpha value is -3.25. The molecule has 0 fully saturated rings. The predicted octanol–water partition coefficient (Wildman–Crippen LogP) is 4.45. The van der Waals surface area contributed by atoms with E-state index in [4.69, 9.17) is 0 Å². The van der Waals surface area contributed by atoms with Gasteiger partial charge in [0.15, 0.2) is 0 Å². The number of carbonyl (C=O) groups excluding carboxylic acids is 1. The molecular formula is C20H16N4OS. The highest BCUT2D eigenvalue weighted by Crippen LogP contribution is 2.23. The number of carbonyl (C=O) groups is 1. The van der Waals surface area contributed by atoms with Gasteiger partial charge in [0.2, 0.25) is 0 Å². The van der Waals surface area contributed by atoms with Crippen LogP contribution in [0.4, 0.5) is 0 Å². The van der Waals surface area contributed by atoms with E-state index in [1.807, 2.05) is 48.7 Å². The van der Waals surface area contributed by atoms with Gasteiger partial charge in [-0.3, -0.25) is 9.89 Å². The standard InChI is InChI=1S/C20H16N4OS/c1-13(19-7-4-10-26-19)21-24-20(25)18-12-17(22-23-18)16-9-8-14-5-2-3-6-15(14)11-16/h2-12H,1H3,(H,22,23)(H,24,25). The van der Waals surface area contributed by atoms with E-state index >= 15 is 0 Å². The lowest BCUT2D eigenvalue weighted by Gasteiger charge is -2.00. The summed E-state index contributed by atoms with van der Waals surface area (Å²) in [5, 5.41) is 15.5. The van der Waals surface area contributed by atoms with E-state index in [-0.39, 0.29) is 5.91 Å². The average molecular weight is 360 g/mol. The van der Waals surface area contributed by atoms with Crippen molar-refractivity contribution in [2.75, 3.05) is 0 Å². The number of nitrogens with one attached hydrogen (secondary N) is 2. The maximum atomic E-state index is 12.3. The number of fused-ring (bicyclic) bond motifs is 1. The van der Waals surface area contributed by atoms with Crippen LogP contribution in [0, 0.1) is 0 Å². The largest absolute Gasteiger partial charge is 0.289 e. The topological polar surface area (TPSA) is 70.1 Å². The zero-order valence-corrected chi connectivity index (χ0v) is 14.9. The van der Waals surface area contributed by atoms with Gasteiger partial charge in [0, 0.05) is 10.4 Å². The summed E-state index contributed by atoms with van der Waals surface area (Å²) in [5.74, 6) is -0.319. The number of hydrogen-bond acceptors (Lipinski definition) is 4. The third kappa shape index (κ3) is 3.27. The Morgan fingerprint density at radius 2 is 1.92 bits per heavy atom. The molecule has 4 rings (SSSR count). The third-order valence-corrected chi connectivity index (χ3v) is 5.05. The van der Waals surface area contributed by atoms with Gasteiger partial charge in [-0.1, -0.05) is 42.5 Å². The Labute approximate surface area is 154 Å². The fourth-order valence-electron chi connectivity index (χ4n) is 2.67. The molecule has 128 valence electrons. The minimum Gasteiger partial charge on any atom is -0.272 e. The molecule has 2 aromatic heterocycles. The smallest absolute Gasteiger partial charge is 0.272 e. The lowest BCUT2D eigenvalue weighted by atomic mass is 10.1. The Morgan fingerprint density at radius 1 is 1.08 bits per heavy atom. The van der Waals surface area contributed by atoms with E-state index in [9.17, 15) is 4.79 Å². The summed E-state index contributed by atoms with van der Waals surface area (Å²) in [6.45, 7) is 1.86. The molecule has 0 bridgehead atoms. The number of rotatable bonds is 4. The van der Waals surface area contributed by atoms with Gasteiger partial charge < -0.3 is 0 Å². The van der Waals surface area contributed by atoms with Crippen LogP contribution < -0.4 is 5.43 Å². The molecular weight excluding hydrogens is 344 g/mol. The molecule has 4 aromatic rings. The van der Waals surface area contributed by atoms with Crippen molar-refractivity contribution in [3.8, 4) is 11.3 Å². The number of aromatic nitrogens is 2. The summed E-state index contributed by atoms with van der Waals surface area (Å²) >= 11 is 1.58. The monoisotopic (exact) mass is 360 g/mol. The van der Waals surface area contributed by atoms with Gasteiger partial charge in [0.05, 0.1) is 11.4 Å². The summed E-state index contributed by atoms with van der Waals surface area (Å²) in [6, 6.07) is 19.9. The fourth-order valence-corrected chi connectivity index (χ4v) is 3.35. The van der Waals surface area contributed by atoms with Gasteiger partial charge in [-0.05, 0) is 41.3 Å². The number of nitrogens with zero attached hydrogens (tertiary/aromatic N) is 2. The van der Waals surface area contributed by atoms with E-state index in [0.717, 1.165) is 27.2 Å². The first-order chi connectivity index (χ1) is 12.7. The van der Waals surface area contributed by atoms with Crippen molar-refractivity contribution in [1.82, 2.24) is 15.6 Å². The zero-order chi connectivity index (χ0) is 17.9. The molecule has 0 saturated carbocycles. The summed E-state index contributed by atoms with van der Waals surface area (Å²) in [7, 11) is 0. The number of hydrazone groups is 1. The number of H-pyrrole nitrogens is 1. The van der Waals surface area contributed by atoms with E-state index in [2.05, 4.69) is 38.9 Å². The van der Waals surface area contributed by atoms with Crippen molar-refractivity contribution in [2.45, 2.75) is 6.92 Å². The van der Waals surface area contributed by atoms with Gasteiger partial charge >= 0.3 is 0 Å². The highest BCUT2D eigenvalue weighted by atomic mass is 32.1. The Kier molecular flexibility index (Phi) is 4.33. The fraction of sp³-hybridized carbons (Fsp3) is 0.0500. The quantitative estimate of drug-likeness (QED) is 0.417. The summed E-state index contributed by atoms with van der Waals surface area (Å²) < 4.78 is 0. The Balaban J connectivity index is 1.53. The van der Waals surface area contributed by atoms with Crippen LogP contribution in [0.2, 0.25) is 0 Å². The first-order valence-corrected chi connectivity index (χ1v) is 9.02. The lowest BCUT2D eigenvalue weighted by Crippen LogP contribution is -2.19. The maximum absolute atomic E-state index is 12.3. The van der Waals surface area contributed by atoms with Crippen molar-refractivity contribution in [3.05, 3.63) is 76.6 Å². The summed E-state index contributed by atoms with van der Waals surface area (Å²) in [6.07, 6.45) is 0. The molecule has 0 radical (unpaired) electrons. The molecule has 0 unspecified atom stereocenters. The number of hydrogen-bond donors (Lipinski definition) is 2. The molecule has 5 nitrogen and oxygen atoms in total. The first kappa shape index (κ1) is 16.2. The number of benzene rings is 2. The molecule has 0 aliphatic carbocycles. The molecule has 2 N–H and O–H groups in total. The van der Waals surface area contributed by atoms with Crippen molar-refractivity contribution in [1.29, 1.82) is 0 Å². The molecule has 0 aliphatic heterocycles. The number of thiophene rings is 1. The van der Waals surface area contributed by atoms with E-state index in [1.54, 1.807) is 17.4 Å². The maximum Gasteiger partial charge on any atom is 0.289 e. The third-order valence-electron chi connectivity index (χ3n) is 4.07. The molecule has 1 amide bonds.